The first-order chi connectivity index (χ1) is 30.3. The number of thioether (sulfide) groups is 1. The first kappa shape index (κ1) is 49.4. The normalized spacial score (nSPS) is 27.5. The number of nitrogens with zero attached hydrogens (tertiary/aromatic N) is 1. The number of rotatable bonds is 8. The molecule has 1 fully saturated rings. The molecule has 22 heteroatoms. The highest BCUT2D eigenvalue weighted by molar-refractivity contribution is 7.99. The van der Waals surface area contributed by atoms with Crippen molar-refractivity contribution in [2.24, 2.45) is 23.7 Å². The van der Waals surface area contributed by atoms with Gasteiger partial charge >= 0.3 is 5.97 Å². The maximum Gasteiger partial charge on any atom is 0.304 e. The molecule has 1 saturated heterocycles. The number of aliphatic carboxylic acids is 1. The van der Waals surface area contributed by atoms with Crippen molar-refractivity contribution in [1.29, 1.82) is 0 Å². The van der Waals surface area contributed by atoms with Crippen LogP contribution in [0.5, 0.6) is 5.75 Å². The molecule has 3 aliphatic rings. The van der Waals surface area contributed by atoms with Crippen LogP contribution >= 0.6 is 11.8 Å². The number of ether oxygens (including phenoxy) is 1. The predicted octanol–water partition coefficient (Wildman–Crippen LogP) is -1.85. The summed E-state index contributed by atoms with van der Waals surface area (Å²) in [6.45, 7) is 2.31. The van der Waals surface area contributed by atoms with E-state index in [-0.39, 0.29) is 18.6 Å². The van der Waals surface area contributed by atoms with Gasteiger partial charge in [0, 0.05) is 54.8 Å². The number of H-pyrrole nitrogens is 1. The Kier molecular flexibility index (Phi) is 16.9. The lowest BCUT2D eigenvalue weighted by atomic mass is 9.85. The number of aromatic nitrogens is 1. The van der Waals surface area contributed by atoms with Crippen molar-refractivity contribution < 1.29 is 68.3 Å². The number of hydrogen-bond donors (Lipinski definition) is 10. The number of aliphatic hydroxyl groups is 3. The van der Waals surface area contributed by atoms with Gasteiger partial charge in [0.25, 0.3) is 0 Å². The first-order valence-corrected chi connectivity index (χ1v) is 22.1. The van der Waals surface area contributed by atoms with Crippen LogP contribution in [0, 0.1) is 23.7 Å². The summed E-state index contributed by atoms with van der Waals surface area (Å²) in [7, 11) is 1.46. The van der Waals surface area contributed by atoms with E-state index in [1.807, 2.05) is 0 Å². The number of carbonyl (C=O) groups excluding carboxylic acids is 8. The van der Waals surface area contributed by atoms with E-state index in [1.165, 1.54) is 14.0 Å². The Hall–Kier alpha value is -5.58. The Balaban J connectivity index is 1.71. The zero-order chi connectivity index (χ0) is 47.0. The molecule has 6 amide bonds. The molecule has 21 nitrogen and oxygen atoms in total. The largest absolute Gasteiger partial charge is 0.497 e. The minimum absolute atomic E-state index is 0.188. The van der Waals surface area contributed by atoms with E-state index in [0.29, 0.717) is 33.7 Å². The molecule has 5 rings (SSSR count). The van der Waals surface area contributed by atoms with Crippen LogP contribution in [-0.4, -0.2) is 159 Å². The number of aromatic amines is 1. The molecule has 3 aliphatic heterocycles. The zero-order valence-corrected chi connectivity index (χ0v) is 36.8. The monoisotopic (exact) mass is 915 g/mol. The molecule has 0 spiro atoms. The summed E-state index contributed by atoms with van der Waals surface area (Å²) in [5.41, 5.74) is 0.992. The number of benzene rings is 1. The van der Waals surface area contributed by atoms with Crippen molar-refractivity contribution in [3.8, 4) is 5.75 Å². The Morgan fingerprint density at radius 3 is 2.25 bits per heavy atom. The first-order valence-electron chi connectivity index (χ1n) is 21.2. The second kappa shape index (κ2) is 21.9. The van der Waals surface area contributed by atoms with Crippen LogP contribution in [0.3, 0.4) is 0 Å². The second-order valence-electron chi connectivity index (χ2n) is 16.7. The highest BCUT2D eigenvalue weighted by Crippen LogP contribution is 2.35. The number of aliphatic hydroxyl groups excluding tert-OH is 3. The lowest BCUT2D eigenvalue weighted by molar-refractivity contribution is -0.148. The summed E-state index contributed by atoms with van der Waals surface area (Å²) in [4.78, 5) is 128. The Labute approximate surface area is 372 Å². The number of nitrogens with one attached hydrogen (secondary N) is 6. The zero-order valence-electron chi connectivity index (χ0n) is 36.0. The van der Waals surface area contributed by atoms with E-state index < -0.39 is 159 Å². The maximum atomic E-state index is 14.6. The third-order valence-electron chi connectivity index (χ3n) is 12.2. The van der Waals surface area contributed by atoms with Crippen molar-refractivity contribution in [2.45, 2.75) is 101 Å². The van der Waals surface area contributed by atoms with Gasteiger partial charge in [0.15, 0.2) is 11.6 Å². The standard InChI is InChI=1S/C42H57N7O14S/c1-5-19(2)36-40(61)44-14-33(55)45-28-18-64-41-26(25-7-6-24(63-4)13-27(25)46-41)8-21(38(59)43-15-34(56)47-36)9-31(53)37(20(3)32(54)17-50)48-39(60)29-12-23(51)16-49(29)42(62)22(10-30(28)52)11-35(57)58/h6-7,13,19-23,28-29,32,36-37,46,50-51,54H,5,8-12,14-18H2,1-4H3,(H,43,59)(H,44,61)(H,45,55)(H,47,56)(H,48,60)(H,57,58)/t19-,20-,21+,22-,23+,28-,29?,32-,36-,37-/m0/s1. The molecule has 1 aromatic heterocycles. The lowest BCUT2D eigenvalue weighted by Gasteiger charge is -2.32. The number of methoxy groups -OCH3 is 1. The minimum atomic E-state index is -1.60. The van der Waals surface area contributed by atoms with Crippen molar-refractivity contribution in [2.75, 3.05) is 39.1 Å². The summed E-state index contributed by atoms with van der Waals surface area (Å²) >= 11 is 1.04. The van der Waals surface area contributed by atoms with Gasteiger partial charge < -0.3 is 61.6 Å². The van der Waals surface area contributed by atoms with E-state index >= 15 is 0 Å². The predicted molar refractivity (Wildman–Crippen MR) is 227 cm³/mol. The summed E-state index contributed by atoms with van der Waals surface area (Å²) in [6, 6.07) is -0.610. The molecule has 2 bridgehead atoms. The molecule has 0 saturated carbocycles. The number of hydrogen-bond acceptors (Lipinski definition) is 14. The maximum absolute atomic E-state index is 14.6. The van der Waals surface area contributed by atoms with Crippen LogP contribution in [0.25, 0.3) is 10.9 Å². The van der Waals surface area contributed by atoms with Gasteiger partial charge in [-0.2, -0.15) is 0 Å². The SMILES string of the molecule is CC[C@H](C)[C@@H]1NC(=O)CNC(=O)[C@H]2CC(=O)[C@H]([C@@H](C)[C@@H](O)CO)NC(=O)C3C[C@@H](O)CN3C(=O)[C@H](CC(=O)O)CC(=O)[C@H](CSc3[nH]c4cc(OC)ccc4c3C2)NC(=O)CNC1=O. The molecule has 4 heterocycles. The van der Waals surface area contributed by atoms with Crippen molar-refractivity contribution in [3.05, 3.63) is 23.8 Å². The minimum Gasteiger partial charge on any atom is -0.497 e. The van der Waals surface area contributed by atoms with E-state index in [1.54, 1.807) is 32.0 Å². The van der Waals surface area contributed by atoms with Gasteiger partial charge in [-0.1, -0.05) is 27.2 Å². The fourth-order valence-electron chi connectivity index (χ4n) is 8.21. The Bertz CT molecular complexity index is 2130. The number of amides is 6. The van der Waals surface area contributed by atoms with Crippen LogP contribution < -0.4 is 31.3 Å². The van der Waals surface area contributed by atoms with Crippen LogP contribution in [0.4, 0.5) is 0 Å². The van der Waals surface area contributed by atoms with E-state index in [4.69, 9.17) is 4.74 Å². The van der Waals surface area contributed by atoms with Gasteiger partial charge in [-0.3, -0.25) is 43.2 Å². The molecular formula is C42H57N7O14S. The smallest absolute Gasteiger partial charge is 0.304 e. The number of fused-ring (bicyclic) bond motifs is 5. The lowest BCUT2D eigenvalue weighted by Crippen LogP contribution is -2.56. The summed E-state index contributed by atoms with van der Waals surface area (Å²) in [6.07, 6.45) is -5.19. The van der Waals surface area contributed by atoms with Gasteiger partial charge in [0.1, 0.15) is 17.8 Å². The van der Waals surface area contributed by atoms with Gasteiger partial charge in [-0.15, -0.1) is 11.8 Å². The average Bonchev–Trinajstić information content (AvgIpc) is 3.83. The molecule has 350 valence electrons. The van der Waals surface area contributed by atoms with E-state index in [9.17, 15) is 63.6 Å². The van der Waals surface area contributed by atoms with Gasteiger partial charge in [0.05, 0.1) is 74.0 Å². The molecule has 2 aromatic rings. The van der Waals surface area contributed by atoms with Crippen molar-refractivity contribution >= 4 is 75.6 Å². The number of Topliss-reactive ketones (excluding diaryl/α,β-unsaturated/α-hetero) is 2. The number of ketones is 2. The third kappa shape index (κ3) is 12.0. The molecule has 64 heavy (non-hydrogen) atoms. The summed E-state index contributed by atoms with van der Waals surface area (Å²) in [5.74, 6) is -12.3. The number of carboxylic acid groups (broad SMARTS) is 1. The molecule has 1 aromatic carbocycles. The fourth-order valence-corrected chi connectivity index (χ4v) is 9.36. The number of carboxylic acids is 1. The van der Waals surface area contributed by atoms with Crippen molar-refractivity contribution in [3.63, 3.8) is 0 Å². The highest BCUT2D eigenvalue weighted by Gasteiger charge is 2.45. The third-order valence-corrected chi connectivity index (χ3v) is 13.3. The summed E-state index contributed by atoms with van der Waals surface area (Å²) in [5, 5.41) is 55.1. The molecule has 0 aliphatic carbocycles. The Morgan fingerprint density at radius 2 is 1.59 bits per heavy atom. The summed E-state index contributed by atoms with van der Waals surface area (Å²) < 4.78 is 5.42. The van der Waals surface area contributed by atoms with Gasteiger partial charge in [-0.05, 0) is 30.0 Å². The molecule has 10 N–H and O–H groups in total. The topological polar surface area (TPSA) is 323 Å². The van der Waals surface area contributed by atoms with Crippen LogP contribution in [-0.2, 0) is 49.6 Å². The quantitative estimate of drug-likeness (QED) is 0.139. The van der Waals surface area contributed by atoms with Gasteiger partial charge in [-0.25, -0.2) is 0 Å². The number of carbonyl (C=O) groups is 9. The average molecular weight is 916 g/mol. The van der Waals surface area contributed by atoms with E-state index in [2.05, 4.69) is 31.6 Å². The van der Waals surface area contributed by atoms with Crippen LogP contribution in [0.2, 0.25) is 0 Å². The van der Waals surface area contributed by atoms with Crippen LogP contribution in [0.1, 0.15) is 58.4 Å². The molecule has 0 radical (unpaired) electrons. The van der Waals surface area contributed by atoms with E-state index in [0.717, 1.165) is 16.7 Å². The highest BCUT2D eigenvalue weighted by atomic mass is 32.2. The molecule has 10 atom stereocenters. The molecule has 1 unspecified atom stereocenters. The molecular weight excluding hydrogens is 859 g/mol. The van der Waals surface area contributed by atoms with Crippen molar-refractivity contribution in [1.82, 2.24) is 36.5 Å². The second-order valence-corrected chi connectivity index (χ2v) is 17.7. The fraction of sp³-hybridized carbons (Fsp3) is 0.595. The Morgan fingerprint density at radius 1 is 0.906 bits per heavy atom. The van der Waals surface area contributed by atoms with Crippen LogP contribution in [0.15, 0.2) is 23.2 Å². The van der Waals surface area contributed by atoms with Gasteiger partial charge in [0.2, 0.25) is 35.4 Å².